The molecule has 0 aliphatic rings. The van der Waals surface area contributed by atoms with Gasteiger partial charge in [0.1, 0.15) is 0 Å². The van der Waals surface area contributed by atoms with Crippen molar-refractivity contribution < 1.29 is 0 Å². The lowest BCUT2D eigenvalue weighted by molar-refractivity contribution is 0.550. The monoisotopic (exact) mass is 318 g/mol. The summed E-state index contributed by atoms with van der Waals surface area (Å²) < 4.78 is 0. The minimum atomic E-state index is 1.23. The summed E-state index contributed by atoms with van der Waals surface area (Å²) in [6.45, 7) is 2.29. The van der Waals surface area contributed by atoms with Gasteiger partial charge in [-0.15, -0.1) is 11.3 Å². The van der Waals surface area contributed by atoms with Crippen molar-refractivity contribution in [2.24, 2.45) is 0 Å². The maximum atomic E-state index is 2.30. The van der Waals surface area contributed by atoms with E-state index in [0.717, 1.165) is 0 Å². The second kappa shape index (κ2) is 15.1. The van der Waals surface area contributed by atoms with Gasteiger partial charge in [0.05, 0.1) is 0 Å². The summed E-state index contributed by atoms with van der Waals surface area (Å²) in [7, 11) is 0. The van der Waals surface area contributed by atoms with Crippen LogP contribution in [-0.4, -0.2) is 0 Å². The Morgan fingerprint density at radius 2 is 1.45 bits per heavy atom. The van der Waals surface area contributed by atoms with Crippen LogP contribution < -0.4 is 0 Å². The van der Waals surface area contributed by atoms with Gasteiger partial charge in [-0.05, 0) is 30.4 Å². The number of rotatable bonds is 14. The molecule has 0 radical (unpaired) electrons. The predicted octanol–water partition coefficient (Wildman–Crippen LogP) is 8.02. The van der Waals surface area contributed by atoms with Crippen molar-refractivity contribution in [1.29, 1.82) is 0 Å². The van der Waals surface area contributed by atoms with Crippen LogP contribution in [0.4, 0.5) is 0 Å². The Hall–Kier alpha value is -0.820. The Morgan fingerprint density at radius 3 is 2.05 bits per heavy atom. The first-order valence-corrected chi connectivity index (χ1v) is 10.2. The fourth-order valence-electron chi connectivity index (χ4n) is 2.64. The number of hydrogen-bond donors (Lipinski definition) is 0. The molecule has 1 heteroatoms. The molecule has 0 bridgehead atoms. The van der Waals surface area contributed by atoms with Crippen molar-refractivity contribution in [3.8, 4) is 0 Å². The third kappa shape index (κ3) is 11.8. The SMILES string of the molecule is CCCCCCCCCCCCC/C=C/C=C/c1cccs1. The highest BCUT2D eigenvalue weighted by Crippen LogP contribution is 2.12. The molecule has 0 fully saturated rings. The first-order valence-electron chi connectivity index (χ1n) is 9.30. The van der Waals surface area contributed by atoms with Gasteiger partial charge in [0.15, 0.2) is 0 Å². The minimum Gasteiger partial charge on any atom is -0.144 e. The molecule has 0 aliphatic heterocycles. The predicted molar refractivity (Wildman–Crippen MR) is 104 cm³/mol. The van der Waals surface area contributed by atoms with Crippen LogP contribution in [0.2, 0.25) is 0 Å². The van der Waals surface area contributed by atoms with E-state index in [1.165, 1.54) is 81.9 Å². The maximum absolute atomic E-state index is 2.30. The fraction of sp³-hybridized carbons (Fsp3) is 0.619. The smallest absolute Gasteiger partial charge is 0.0270 e. The van der Waals surface area contributed by atoms with E-state index in [9.17, 15) is 0 Å². The van der Waals surface area contributed by atoms with Gasteiger partial charge in [-0.1, -0.05) is 95.4 Å². The van der Waals surface area contributed by atoms with Gasteiger partial charge in [-0.2, -0.15) is 0 Å². The molecular formula is C21H34S. The number of hydrogen-bond acceptors (Lipinski definition) is 1. The summed E-state index contributed by atoms with van der Waals surface area (Å²) in [4.78, 5) is 1.33. The van der Waals surface area contributed by atoms with Crippen LogP contribution in [0.25, 0.3) is 6.08 Å². The normalized spacial score (nSPS) is 11.9. The first-order chi connectivity index (χ1) is 10.9. The molecule has 0 amide bonds. The summed E-state index contributed by atoms with van der Waals surface area (Å²) in [5, 5.41) is 2.12. The Morgan fingerprint density at radius 1 is 0.818 bits per heavy atom. The van der Waals surface area contributed by atoms with E-state index in [4.69, 9.17) is 0 Å². The van der Waals surface area contributed by atoms with Crippen LogP contribution in [0.15, 0.2) is 35.7 Å². The molecule has 1 rings (SSSR count). The van der Waals surface area contributed by atoms with E-state index >= 15 is 0 Å². The van der Waals surface area contributed by atoms with Crippen molar-refractivity contribution >= 4 is 17.4 Å². The number of allylic oxidation sites excluding steroid dienone is 3. The molecule has 0 atom stereocenters. The first kappa shape index (κ1) is 19.2. The van der Waals surface area contributed by atoms with Crippen molar-refractivity contribution in [2.45, 2.75) is 84.0 Å². The Bertz CT molecular complexity index is 373. The Kier molecular flexibility index (Phi) is 13.2. The van der Waals surface area contributed by atoms with E-state index in [1.807, 2.05) is 0 Å². The number of unbranched alkanes of at least 4 members (excludes halogenated alkanes) is 11. The molecule has 1 aromatic rings. The van der Waals surface area contributed by atoms with Crippen LogP contribution in [0.5, 0.6) is 0 Å². The second-order valence-corrected chi connectivity index (χ2v) is 7.11. The average molecular weight is 319 g/mol. The highest BCUT2D eigenvalue weighted by atomic mass is 32.1. The largest absolute Gasteiger partial charge is 0.144 e. The highest BCUT2D eigenvalue weighted by Gasteiger charge is 1.92. The van der Waals surface area contributed by atoms with E-state index in [0.29, 0.717) is 0 Å². The van der Waals surface area contributed by atoms with Crippen molar-refractivity contribution in [1.82, 2.24) is 0 Å². The molecule has 0 saturated carbocycles. The van der Waals surface area contributed by atoms with Crippen LogP contribution in [0, 0.1) is 0 Å². The minimum absolute atomic E-state index is 1.23. The molecule has 0 unspecified atom stereocenters. The molecule has 0 saturated heterocycles. The molecular weight excluding hydrogens is 284 g/mol. The van der Waals surface area contributed by atoms with Crippen LogP contribution in [0.3, 0.4) is 0 Å². The molecule has 0 aromatic carbocycles. The summed E-state index contributed by atoms with van der Waals surface area (Å²) in [5.74, 6) is 0. The molecule has 1 heterocycles. The zero-order valence-electron chi connectivity index (χ0n) is 14.4. The summed E-state index contributed by atoms with van der Waals surface area (Å²) >= 11 is 1.79. The zero-order valence-corrected chi connectivity index (χ0v) is 15.3. The van der Waals surface area contributed by atoms with Gasteiger partial charge < -0.3 is 0 Å². The third-order valence-electron chi connectivity index (χ3n) is 4.03. The molecule has 0 aliphatic carbocycles. The van der Waals surface area contributed by atoms with Crippen LogP contribution in [0.1, 0.15) is 88.9 Å². The standard InChI is InChI=1S/C21H34S/c1-2-3-4-5-6-7-8-9-10-11-12-13-14-15-16-18-21-19-17-20-22-21/h14-20H,2-13H2,1H3/b15-14+,18-16+. The number of thiophene rings is 1. The van der Waals surface area contributed by atoms with Gasteiger partial charge >= 0.3 is 0 Å². The quantitative estimate of drug-likeness (QED) is 0.240. The fourth-order valence-corrected chi connectivity index (χ4v) is 3.27. The van der Waals surface area contributed by atoms with E-state index in [1.54, 1.807) is 11.3 Å². The van der Waals surface area contributed by atoms with Gasteiger partial charge in [0.2, 0.25) is 0 Å². The molecule has 22 heavy (non-hydrogen) atoms. The second-order valence-electron chi connectivity index (χ2n) is 6.13. The molecule has 0 spiro atoms. The molecule has 124 valence electrons. The maximum Gasteiger partial charge on any atom is 0.0270 e. The summed E-state index contributed by atoms with van der Waals surface area (Å²) in [6, 6.07) is 4.25. The Balaban J connectivity index is 1.80. The summed E-state index contributed by atoms with van der Waals surface area (Å²) in [6.07, 6.45) is 25.7. The lowest BCUT2D eigenvalue weighted by atomic mass is 10.1. The topological polar surface area (TPSA) is 0 Å². The molecule has 1 aromatic heterocycles. The van der Waals surface area contributed by atoms with Gasteiger partial charge in [-0.3, -0.25) is 0 Å². The van der Waals surface area contributed by atoms with E-state index < -0.39 is 0 Å². The molecule has 0 N–H and O–H groups in total. The zero-order chi connectivity index (χ0) is 15.7. The Labute approximate surface area is 142 Å². The summed E-state index contributed by atoms with van der Waals surface area (Å²) in [5.41, 5.74) is 0. The lowest BCUT2D eigenvalue weighted by Gasteiger charge is -2.01. The van der Waals surface area contributed by atoms with Crippen molar-refractivity contribution in [3.63, 3.8) is 0 Å². The van der Waals surface area contributed by atoms with Gasteiger partial charge in [-0.25, -0.2) is 0 Å². The molecule has 0 nitrogen and oxygen atoms in total. The average Bonchev–Trinajstić information content (AvgIpc) is 3.04. The van der Waals surface area contributed by atoms with E-state index in [-0.39, 0.29) is 0 Å². The van der Waals surface area contributed by atoms with Crippen molar-refractivity contribution in [3.05, 3.63) is 40.6 Å². The highest BCUT2D eigenvalue weighted by molar-refractivity contribution is 7.10. The lowest BCUT2D eigenvalue weighted by Crippen LogP contribution is -1.81. The van der Waals surface area contributed by atoms with Gasteiger partial charge in [0, 0.05) is 4.88 Å². The van der Waals surface area contributed by atoms with Crippen molar-refractivity contribution in [2.75, 3.05) is 0 Å². The van der Waals surface area contributed by atoms with Crippen LogP contribution >= 0.6 is 11.3 Å². The van der Waals surface area contributed by atoms with Crippen LogP contribution in [-0.2, 0) is 0 Å². The third-order valence-corrected chi connectivity index (χ3v) is 4.86. The van der Waals surface area contributed by atoms with E-state index in [2.05, 4.69) is 48.7 Å². The van der Waals surface area contributed by atoms with Gasteiger partial charge in [0.25, 0.3) is 0 Å².